The highest BCUT2D eigenvalue weighted by Crippen LogP contribution is 2.34. The van der Waals surface area contributed by atoms with Crippen molar-refractivity contribution in [2.75, 3.05) is 0 Å². The molecule has 0 N–H and O–H groups in total. The topological polar surface area (TPSA) is 34.1 Å². The maximum Gasteiger partial charge on any atom is 0.146 e. The molecule has 0 atom stereocenters. The largest absolute Gasteiger partial charge is 0.299 e. The number of ketones is 2. The van der Waals surface area contributed by atoms with Crippen LogP contribution in [0.2, 0.25) is 0 Å². The van der Waals surface area contributed by atoms with Crippen LogP contribution in [-0.4, -0.2) is 11.6 Å². The molecule has 0 aromatic carbocycles. The second kappa shape index (κ2) is 5.09. The number of rotatable bonds is 4. The van der Waals surface area contributed by atoms with Crippen LogP contribution in [0, 0.1) is 5.41 Å². The highest BCUT2D eigenvalue weighted by molar-refractivity contribution is 6.08. The van der Waals surface area contributed by atoms with Gasteiger partial charge < -0.3 is 0 Å². The van der Waals surface area contributed by atoms with Gasteiger partial charge in [-0.2, -0.15) is 0 Å². The molecule has 2 heteroatoms. The molecule has 2 nitrogen and oxygen atoms in total. The van der Waals surface area contributed by atoms with E-state index in [9.17, 15) is 9.59 Å². The summed E-state index contributed by atoms with van der Waals surface area (Å²) in [6, 6.07) is 0. The Bertz CT molecular complexity index is 292. The van der Waals surface area contributed by atoms with E-state index in [1.54, 1.807) is 6.92 Å². The Balaban J connectivity index is 2.57. The van der Waals surface area contributed by atoms with Crippen LogP contribution in [0.15, 0.2) is 18.4 Å². The lowest BCUT2D eigenvalue weighted by atomic mass is 9.70. The molecule has 0 aromatic heterocycles. The molecule has 0 spiro atoms. The van der Waals surface area contributed by atoms with Gasteiger partial charge in [0.25, 0.3) is 0 Å². The molecule has 1 rings (SSSR count). The van der Waals surface area contributed by atoms with Crippen molar-refractivity contribution in [3.05, 3.63) is 18.4 Å². The first-order chi connectivity index (χ1) is 7.11. The molecular weight excluding hydrogens is 188 g/mol. The van der Waals surface area contributed by atoms with Crippen molar-refractivity contribution in [3.8, 4) is 0 Å². The van der Waals surface area contributed by atoms with E-state index in [1.165, 1.54) is 0 Å². The first kappa shape index (κ1) is 11.9. The number of hydrogen-bond donors (Lipinski definition) is 0. The van der Waals surface area contributed by atoms with Crippen LogP contribution in [0.5, 0.6) is 0 Å². The van der Waals surface area contributed by atoms with Gasteiger partial charge in [0.15, 0.2) is 0 Å². The molecule has 0 radical (unpaired) electrons. The summed E-state index contributed by atoms with van der Waals surface area (Å²) in [6.45, 7) is 5.28. The fourth-order valence-corrected chi connectivity index (χ4v) is 2.06. The van der Waals surface area contributed by atoms with Crippen LogP contribution in [0.3, 0.4) is 0 Å². The fraction of sp³-hybridized carbons (Fsp3) is 0.615. The van der Waals surface area contributed by atoms with Crippen molar-refractivity contribution >= 4 is 11.6 Å². The van der Waals surface area contributed by atoms with Gasteiger partial charge in [-0.3, -0.25) is 9.59 Å². The molecule has 1 saturated carbocycles. The van der Waals surface area contributed by atoms with Crippen LogP contribution >= 0.6 is 0 Å². The Kier molecular flexibility index (Phi) is 4.05. The van der Waals surface area contributed by atoms with Crippen molar-refractivity contribution in [1.29, 1.82) is 0 Å². The molecular formula is C13H18O2. The van der Waals surface area contributed by atoms with Crippen molar-refractivity contribution in [1.82, 2.24) is 0 Å². The van der Waals surface area contributed by atoms with Crippen LogP contribution in [0.25, 0.3) is 0 Å². The maximum atomic E-state index is 11.7. The Hall–Kier alpha value is -1.14. The lowest BCUT2D eigenvalue weighted by molar-refractivity contribution is -0.143. The fourth-order valence-electron chi connectivity index (χ4n) is 2.06. The summed E-state index contributed by atoms with van der Waals surface area (Å²) in [6.07, 6.45) is 6.10. The molecule has 0 saturated heterocycles. The highest BCUT2D eigenvalue weighted by Gasteiger charge is 2.41. The lowest BCUT2D eigenvalue weighted by Crippen LogP contribution is -2.39. The van der Waals surface area contributed by atoms with Gasteiger partial charge in [-0.15, -0.1) is 5.73 Å². The summed E-state index contributed by atoms with van der Waals surface area (Å²) < 4.78 is 0. The van der Waals surface area contributed by atoms with Crippen LogP contribution < -0.4 is 0 Å². The molecule has 0 amide bonds. The number of unbranched alkanes of at least 4 members (excludes halogenated alkanes) is 1. The third-order valence-corrected chi connectivity index (χ3v) is 3.21. The van der Waals surface area contributed by atoms with Gasteiger partial charge in [-0.1, -0.05) is 6.58 Å². The summed E-state index contributed by atoms with van der Waals surface area (Å²) in [4.78, 5) is 23.5. The van der Waals surface area contributed by atoms with Gasteiger partial charge in [0.1, 0.15) is 11.6 Å². The van der Waals surface area contributed by atoms with Gasteiger partial charge >= 0.3 is 0 Å². The zero-order valence-corrected chi connectivity index (χ0v) is 9.34. The van der Waals surface area contributed by atoms with Gasteiger partial charge in [0, 0.05) is 12.8 Å². The van der Waals surface area contributed by atoms with Gasteiger partial charge in [0.05, 0.1) is 5.41 Å². The Morgan fingerprint density at radius 3 is 2.53 bits per heavy atom. The number of allylic oxidation sites excluding steroid dienone is 1. The third kappa shape index (κ3) is 2.66. The molecule has 1 aliphatic carbocycles. The maximum absolute atomic E-state index is 11.7. The van der Waals surface area contributed by atoms with E-state index in [-0.39, 0.29) is 11.6 Å². The molecule has 0 heterocycles. The number of hydrogen-bond acceptors (Lipinski definition) is 2. The Labute approximate surface area is 91.1 Å². The summed E-state index contributed by atoms with van der Waals surface area (Å²) >= 11 is 0. The van der Waals surface area contributed by atoms with Gasteiger partial charge in [-0.25, -0.2) is 0 Å². The van der Waals surface area contributed by atoms with Crippen LogP contribution in [0.4, 0.5) is 0 Å². The molecule has 0 aromatic rings. The minimum Gasteiger partial charge on any atom is -0.299 e. The predicted octanol–water partition coefficient (Wildman–Crippen LogP) is 2.83. The van der Waals surface area contributed by atoms with Gasteiger partial charge in [0.2, 0.25) is 0 Å². The Morgan fingerprint density at radius 2 is 2.00 bits per heavy atom. The standard InChI is InChI=1S/C13H18O2/c1-3-4-5-6-10-13(2)11(14)8-7-9-12(13)15/h4H,1,5-10H2,2H3. The van der Waals surface area contributed by atoms with Crippen LogP contribution in [0.1, 0.15) is 45.4 Å². The molecule has 0 bridgehead atoms. The second-order valence-electron chi connectivity index (χ2n) is 4.33. The first-order valence-electron chi connectivity index (χ1n) is 5.52. The monoisotopic (exact) mass is 206 g/mol. The first-order valence-corrected chi connectivity index (χ1v) is 5.52. The van der Waals surface area contributed by atoms with Crippen molar-refractivity contribution in [2.45, 2.75) is 45.4 Å². The zero-order valence-electron chi connectivity index (χ0n) is 9.34. The van der Waals surface area contributed by atoms with Gasteiger partial charge in [-0.05, 0) is 38.7 Å². The summed E-state index contributed by atoms with van der Waals surface area (Å²) in [7, 11) is 0. The van der Waals surface area contributed by atoms with E-state index >= 15 is 0 Å². The molecule has 1 aliphatic rings. The zero-order chi connectivity index (χ0) is 11.3. The quantitative estimate of drug-likeness (QED) is 0.402. The molecule has 82 valence electrons. The average Bonchev–Trinajstić information content (AvgIpc) is 2.22. The van der Waals surface area contributed by atoms with Crippen molar-refractivity contribution in [2.24, 2.45) is 5.41 Å². The minimum atomic E-state index is -0.701. The lowest BCUT2D eigenvalue weighted by Gasteiger charge is -2.30. The van der Waals surface area contributed by atoms with E-state index in [0.29, 0.717) is 19.3 Å². The number of carbonyl (C=O) groups excluding carboxylic acids is 2. The normalized spacial score (nSPS) is 19.8. The average molecular weight is 206 g/mol. The van der Waals surface area contributed by atoms with E-state index in [0.717, 1.165) is 19.3 Å². The van der Waals surface area contributed by atoms with E-state index in [1.807, 2.05) is 6.08 Å². The van der Waals surface area contributed by atoms with E-state index in [2.05, 4.69) is 12.3 Å². The summed E-state index contributed by atoms with van der Waals surface area (Å²) in [5.74, 6) is 0.252. The van der Waals surface area contributed by atoms with Crippen LogP contribution in [-0.2, 0) is 9.59 Å². The number of Topliss-reactive ketones (excluding diaryl/α,β-unsaturated/α-hetero) is 2. The summed E-state index contributed by atoms with van der Waals surface area (Å²) in [5.41, 5.74) is 1.99. The molecule has 15 heavy (non-hydrogen) atoms. The SMILES string of the molecule is C=C=CCCCC1(C)C(=O)CCCC1=O. The molecule has 0 unspecified atom stereocenters. The highest BCUT2D eigenvalue weighted by atomic mass is 16.2. The molecule has 0 aliphatic heterocycles. The van der Waals surface area contributed by atoms with Crippen molar-refractivity contribution in [3.63, 3.8) is 0 Å². The molecule has 1 fully saturated rings. The third-order valence-electron chi connectivity index (χ3n) is 3.21. The van der Waals surface area contributed by atoms with E-state index < -0.39 is 5.41 Å². The van der Waals surface area contributed by atoms with Crippen molar-refractivity contribution < 1.29 is 9.59 Å². The summed E-state index contributed by atoms with van der Waals surface area (Å²) in [5, 5.41) is 0. The predicted molar refractivity (Wildman–Crippen MR) is 59.5 cm³/mol. The second-order valence-corrected chi connectivity index (χ2v) is 4.33. The smallest absolute Gasteiger partial charge is 0.146 e. The van der Waals surface area contributed by atoms with E-state index in [4.69, 9.17) is 0 Å². The minimum absolute atomic E-state index is 0.126. The number of carbonyl (C=O) groups is 2. The Morgan fingerprint density at radius 1 is 1.40 bits per heavy atom.